The fraction of sp³-hybridized carbons (Fsp3) is 0.303. The van der Waals surface area contributed by atoms with Gasteiger partial charge in [0.15, 0.2) is 6.29 Å². The molecule has 0 saturated carbocycles. The first-order chi connectivity index (χ1) is 20.1. The average molecular weight is 561 g/mol. The first kappa shape index (κ1) is 28.5. The van der Waals surface area contributed by atoms with Crippen molar-refractivity contribution in [2.45, 2.75) is 32.3 Å². The molecule has 0 atom stereocenters. The standard InChI is InChI=1S/C33H34F2N2O4/c1-38-33(39-2)25-15-17-37(18-16-25)31-28(34)19-26(20-29(31)35)27-13-14-30(40-21-23-9-5-3-6-10-23)36-32(27)41-22-24-11-7-4-8-12-24/h3-14,19-20,25,33H,15-18,21-22H2,1-2H3. The number of ether oxygens (including phenoxy) is 4. The largest absolute Gasteiger partial charge is 0.473 e. The summed E-state index contributed by atoms with van der Waals surface area (Å²) in [4.78, 5) is 6.32. The van der Waals surface area contributed by atoms with Crippen LogP contribution in [0.25, 0.3) is 11.1 Å². The summed E-state index contributed by atoms with van der Waals surface area (Å²) in [7, 11) is 3.21. The lowest BCUT2D eigenvalue weighted by Crippen LogP contribution is -2.39. The van der Waals surface area contributed by atoms with Crippen molar-refractivity contribution in [2.24, 2.45) is 5.92 Å². The van der Waals surface area contributed by atoms with E-state index in [9.17, 15) is 0 Å². The molecule has 0 amide bonds. The molecule has 1 aliphatic rings. The Balaban J connectivity index is 1.39. The molecule has 3 aromatic carbocycles. The van der Waals surface area contributed by atoms with E-state index in [1.807, 2.05) is 60.7 Å². The van der Waals surface area contributed by atoms with E-state index in [4.69, 9.17) is 18.9 Å². The Morgan fingerprint density at radius 1 is 0.780 bits per heavy atom. The van der Waals surface area contributed by atoms with Gasteiger partial charge in [0.25, 0.3) is 0 Å². The molecule has 4 aromatic rings. The second kappa shape index (κ2) is 13.6. The van der Waals surface area contributed by atoms with Crippen molar-refractivity contribution in [1.82, 2.24) is 4.98 Å². The lowest BCUT2D eigenvalue weighted by atomic mass is 9.95. The van der Waals surface area contributed by atoms with Crippen LogP contribution in [0, 0.1) is 17.6 Å². The second-order valence-corrected chi connectivity index (χ2v) is 10.0. The van der Waals surface area contributed by atoms with Crippen LogP contribution in [-0.4, -0.2) is 38.6 Å². The lowest BCUT2D eigenvalue weighted by Gasteiger charge is -2.36. The van der Waals surface area contributed by atoms with Crippen molar-refractivity contribution in [3.8, 4) is 22.9 Å². The zero-order valence-electron chi connectivity index (χ0n) is 23.3. The maximum atomic E-state index is 15.5. The molecule has 41 heavy (non-hydrogen) atoms. The predicted molar refractivity (Wildman–Crippen MR) is 154 cm³/mol. The van der Waals surface area contributed by atoms with Gasteiger partial charge in [-0.3, -0.25) is 0 Å². The summed E-state index contributed by atoms with van der Waals surface area (Å²) in [5.41, 5.74) is 2.72. The van der Waals surface area contributed by atoms with Crippen molar-refractivity contribution < 1.29 is 27.7 Å². The molecule has 0 aliphatic carbocycles. The maximum absolute atomic E-state index is 15.5. The van der Waals surface area contributed by atoms with Crippen LogP contribution in [0.3, 0.4) is 0 Å². The molecular formula is C33H34F2N2O4. The molecule has 6 nitrogen and oxygen atoms in total. The Kier molecular flexibility index (Phi) is 9.44. The van der Waals surface area contributed by atoms with Gasteiger partial charge in [-0.05, 0) is 47.7 Å². The number of anilines is 1. The van der Waals surface area contributed by atoms with Gasteiger partial charge in [0.05, 0.1) is 0 Å². The number of benzene rings is 3. The van der Waals surface area contributed by atoms with Crippen molar-refractivity contribution in [1.29, 1.82) is 0 Å². The van der Waals surface area contributed by atoms with Gasteiger partial charge < -0.3 is 23.8 Å². The zero-order valence-corrected chi connectivity index (χ0v) is 23.3. The number of piperidine rings is 1. The molecule has 1 aliphatic heterocycles. The van der Waals surface area contributed by atoms with Gasteiger partial charge in [-0.25, -0.2) is 8.78 Å². The minimum atomic E-state index is -0.633. The van der Waals surface area contributed by atoms with Crippen molar-refractivity contribution in [3.05, 3.63) is 108 Å². The first-order valence-corrected chi connectivity index (χ1v) is 13.7. The normalized spacial score (nSPS) is 13.9. The van der Waals surface area contributed by atoms with Gasteiger partial charge in [-0.1, -0.05) is 60.7 Å². The summed E-state index contributed by atoms with van der Waals surface area (Å²) < 4.78 is 53.8. The van der Waals surface area contributed by atoms with Crippen LogP contribution in [0.2, 0.25) is 0 Å². The first-order valence-electron chi connectivity index (χ1n) is 13.7. The quantitative estimate of drug-likeness (QED) is 0.184. The molecule has 1 saturated heterocycles. The highest BCUT2D eigenvalue weighted by atomic mass is 19.1. The van der Waals surface area contributed by atoms with Crippen molar-refractivity contribution in [2.75, 3.05) is 32.2 Å². The number of aromatic nitrogens is 1. The molecular weight excluding hydrogens is 526 g/mol. The fourth-order valence-electron chi connectivity index (χ4n) is 5.19. The van der Waals surface area contributed by atoms with E-state index in [1.165, 1.54) is 12.1 Å². The Morgan fingerprint density at radius 2 is 1.34 bits per heavy atom. The monoisotopic (exact) mass is 560 g/mol. The van der Waals surface area contributed by atoms with E-state index < -0.39 is 11.6 Å². The Hall–Kier alpha value is -4.01. The number of rotatable bonds is 11. The van der Waals surface area contributed by atoms with Crippen molar-refractivity contribution in [3.63, 3.8) is 0 Å². The summed E-state index contributed by atoms with van der Waals surface area (Å²) in [5.74, 6) is -0.507. The van der Waals surface area contributed by atoms with Crippen LogP contribution in [0.15, 0.2) is 84.9 Å². The number of halogens is 2. The highest BCUT2D eigenvalue weighted by molar-refractivity contribution is 5.72. The third-order valence-corrected chi connectivity index (χ3v) is 7.32. The summed E-state index contributed by atoms with van der Waals surface area (Å²) in [6.07, 6.45) is 1.09. The predicted octanol–water partition coefficient (Wildman–Crippen LogP) is 7.02. The summed E-state index contributed by atoms with van der Waals surface area (Å²) in [6, 6.07) is 25.5. The number of methoxy groups -OCH3 is 2. The molecule has 214 valence electrons. The smallest absolute Gasteiger partial charge is 0.225 e. The van der Waals surface area contributed by atoms with Gasteiger partial charge in [0, 0.05) is 44.9 Å². The summed E-state index contributed by atoms with van der Waals surface area (Å²) >= 11 is 0. The average Bonchev–Trinajstić information content (AvgIpc) is 3.01. The minimum Gasteiger partial charge on any atom is -0.473 e. The third kappa shape index (κ3) is 7.01. The van der Waals surface area contributed by atoms with Crippen molar-refractivity contribution >= 4 is 5.69 Å². The summed E-state index contributed by atoms with van der Waals surface area (Å²) in [6.45, 7) is 1.57. The van der Waals surface area contributed by atoms with E-state index >= 15 is 8.78 Å². The molecule has 8 heteroatoms. The molecule has 0 bridgehead atoms. The van der Waals surface area contributed by atoms with Gasteiger partial charge in [-0.2, -0.15) is 4.98 Å². The Bertz CT molecular complexity index is 1390. The van der Waals surface area contributed by atoms with E-state index in [-0.39, 0.29) is 30.4 Å². The van der Waals surface area contributed by atoms with Crippen LogP contribution in [0.1, 0.15) is 24.0 Å². The van der Waals surface area contributed by atoms with E-state index in [0.717, 1.165) is 11.1 Å². The van der Waals surface area contributed by atoms with Crippen LogP contribution < -0.4 is 14.4 Å². The third-order valence-electron chi connectivity index (χ3n) is 7.32. The van der Waals surface area contributed by atoms with Gasteiger partial charge >= 0.3 is 0 Å². The number of hydrogen-bond acceptors (Lipinski definition) is 6. The molecule has 2 heterocycles. The molecule has 0 N–H and O–H groups in total. The fourth-order valence-corrected chi connectivity index (χ4v) is 5.19. The highest BCUT2D eigenvalue weighted by Crippen LogP contribution is 2.37. The van der Waals surface area contributed by atoms with Crippen LogP contribution in [0.5, 0.6) is 11.8 Å². The molecule has 5 rings (SSSR count). The van der Waals surface area contributed by atoms with Crippen LogP contribution in [0.4, 0.5) is 14.5 Å². The topological polar surface area (TPSA) is 53.1 Å². The summed E-state index contributed by atoms with van der Waals surface area (Å²) in [5, 5.41) is 0. The highest BCUT2D eigenvalue weighted by Gasteiger charge is 2.29. The molecule has 0 unspecified atom stereocenters. The molecule has 1 aromatic heterocycles. The van der Waals surface area contributed by atoms with E-state index in [1.54, 1.807) is 31.3 Å². The molecule has 0 spiro atoms. The van der Waals surface area contributed by atoms with Crippen LogP contribution >= 0.6 is 0 Å². The number of hydrogen-bond donors (Lipinski definition) is 0. The lowest BCUT2D eigenvalue weighted by molar-refractivity contribution is -0.141. The van der Waals surface area contributed by atoms with E-state index in [2.05, 4.69) is 4.98 Å². The van der Waals surface area contributed by atoms with Gasteiger partial charge in [-0.15, -0.1) is 0 Å². The van der Waals surface area contributed by atoms with Gasteiger partial charge in [0.1, 0.15) is 30.5 Å². The SMILES string of the molecule is COC(OC)C1CCN(c2c(F)cc(-c3ccc(OCc4ccccc4)nc3OCc3ccccc3)cc2F)CC1. The maximum Gasteiger partial charge on any atom is 0.225 e. The molecule has 0 radical (unpaired) electrons. The molecule has 1 fully saturated rings. The zero-order chi connectivity index (χ0) is 28.6. The van der Waals surface area contributed by atoms with Gasteiger partial charge in [0.2, 0.25) is 11.8 Å². The van der Waals surface area contributed by atoms with E-state index in [0.29, 0.717) is 49.5 Å². The van der Waals surface area contributed by atoms with Crippen LogP contribution in [-0.2, 0) is 22.7 Å². The number of pyridine rings is 1. The Morgan fingerprint density at radius 3 is 1.90 bits per heavy atom. The Labute approximate surface area is 239 Å². The second-order valence-electron chi connectivity index (χ2n) is 10.0. The minimum absolute atomic E-state index is 0.0267. The number of nitrogens with zero attached hydrogens (tertiary/aromatic N) is 2.